The van der Waals surface area contributed by atoms with Crippen molar-refractivity contribution < 1.29 is 5.11 Å². The first-order chi connectivity index (χ1) is 5.43. The van der Waals surface area contributed by atoms with E-state index in [1.807, 2.05) is 0 Å². The number of aliphatic hydroxyl groups is 1. The first-order valence-corrected chi connectivity index (χ1v) is 3.53. The molecular weight excluding hydrogens is 142 g/mol. The average Bonchev–Trinajstić information content (AvgIpc) is 2.50. The number of aliphatic imine (C=N–C) groups is 1. The van der Waals surface area contributed by atoms with E-state index < -0.39 is 0 Å². The number of hydrogen-bond donors (Lipinski definition) is 2. The van der Waals surface area contributed by atoms with Crippen LogP contribution in [-0.4, -0.2) is 34.4 Å². The van der Waals surface area contributed by atoms with Crippen molar-refractivity contribution in [3.05, 3.63) is 18.2 Å². The Labute approximate surface area is 65.0 Å². The summed E-state index contributed by atoms with van der Waals surface area (Å²) < 4.78 is 0. The summed E-state index contributed by atoms with van der Waals surface area (Å²) in [5.74, 6) is 0.753. The van der Waals surface area contributed by atoms with Crippen LogP contribution in [0.2, 0.25) is 0 Å². The third-order valence-corrected chi connectivity index (χ3v) is 1.18. The van der Waals surface area contributed by atoms with Gasteiger partial charge in [-0.1, -0.05) is 0 Å². The van der Waals surface area contributed by atoms with Crippen LogP contribution in [-0.2, 0) is 0 Å². The summed E-state index contributed by atoms with van der Waals surface area (Å²) in [5, 5.41) is 8.43. The summed E-state index contributed by atoms with van der Waals surface area (Å²) >= 11 is 0. The van der Waals surface area contributed by atoms with E-state index in [9.17, 15) is 0 Å². The molecule has 0 bridgehead atoms. The minimum atomic E-state index is 0.190. The van der Waals surface area contributed by atoms with Crippen molar-refractivity contribution in [3.8, 4) is 0 Å². The maximum absolute atomic E-state index is 8.43. The Kier molecular flexibility index (Phi) is 3.34. The summed E-state index contributed by atoms with van der Waals surface area (Å²) in [5.41, 5.74) is 0. The van der Waals surface area contributed by atoms with Gasteiger partial charge in [0.1, 0.15) is 5.82 Å². The van der Waals surface area contributed by atoms with E-state index >= 15 is 0 Å². The van der Waals surface area contributed by atoms with E-state index in [1.54, 1.807) is 18.6 Å². The maximum Gasteiger partial charge on any atom is 0.147 e. The zero-order chi connectivity index (χ0) is 7.94. The molecule has 0 aliphatic heterocycles. The molecule has 0 aromatic carbocycles. The van der Waals surface area contributed by atoms with Crippen LogP contribution in [0.15, 0.2) is 17.4 Å². The lowest BCUT2D eigenvalue weighted by Gasteiger charge is -1.87. The zero-order valence-electron chi connectivity index (χ0n) is 6.20. The maximum atomic E-state index is 8.43. The highest BCUT2D eigenvalue weighted by Gasteiger charge is 1.85. The van der Waals surface area contributed by atoms with E-state index in [0.717, 1.165) is 5.82 Å². The topological polar surface area (TPSA) is 61.3 Å². The van der Waals surface area contributed by atoms with Crippen molar-refractivity contribution in [1.29, 1.82) is 0 Å². The molecule has 0 saturated heterocycles. The van der Waals surface area contributed by atoms with Gasteiger partial charge in [0.05, 0.1) is 6.21 Å². The summed E-state index contributed by atoms with van der Waals surface area (Å²) in [7, 11) is 0. The van der Waals surface area contributed by atoms with Crippen molar-refractivity contribution in [2.24, 2.45) is 4.99 Å². The lowest BCUT2D eigenvalue weighted by molar-refractivity contribution is 0.291. The van der Waals surface area contributed by atoms with Crippen LogP contribution in [0, 0.1) is 0 Å². The van der Waals surface area contributed by atoms with E-state index in [1.165, 1.54) is 0 Å². The van der Waals surface area contributed by atoms with Crippen molar-refractivity contribution in [2.75, 3.05) is 13.2 Å². The highest BCUT2D eigenvalue weighted by Crippen LogP contribution is 1.83. The van der Waals surface area contributed by atoms with Gasteiger partial charge in [0.25, 0.3) is 0 Å². The second-order valence-electron chi connectivity index (χ2n) is 2.09. The van der Waals surface area contributed by atoms with Crippen LogP contribution in [0.3, 0.4) is 0 Å². The van der Waals surface area contributed by atoms with E-state index in [-0.39, 0.29) is 6.61 Å². The van der Waals surface area contributed by atoms with Gasteiger partial charge in [-0.2, -0.15) is 0 Å². The zero-order valence-corrected chi connectivity index (χ0v) is 6.20. The van der Waals surface area contributed by atoms with Gasteiger partial charge < -0.3 is 10.1 Å². The number of rotatable bonds is 4. The Hall–Kier alpha value is -1.16. The van der Waals surface area contributed by atoms with E-state index in [2.05, 4.69) is 15.0 Å². The van der Waals surface area contributed by atoms with Gasteiger partial charge >= 0.3 is 0 Å². The minimum Gasteiger partial charge on any atom is -0.396 e. The van der Waals surface area contributed by atoms with Crippen molar-refractivity contribution in [1.82, 2.24) is 9.97 Å². The van der Waals surface area contributed by atoms with Crippen molar-refractivity contribution in [3.63, 3.8) is 0 Å². The van der Waals surface area contributed by atoms with Crippen LogP contribution in [0.1, 0.15) is 12.2 Å². The minimum absolute atomic E-state index is 0.190. The van der Waals surface area contributed by atoms with Crippen LogP contribution in [0.5, 0.6) is 0 Å². The molecule has 0 spiro atoms. The first-order valence-electron chi connectivity index (χ1n) is 3.53. The fraction of sp³-hybridized carbons (Fsp3) is 0.429. The second-order valence-corrected chi connectivity index (χ2v) is 2.09. The summed E-state index contributed by atoms with van der Waals surface area (Å²) in [4.78, 5) is 10.9. The van der Waals surface area contributed by atoms with E-state index in [0.29, 0.717) is 13.0 Å². The Morgan fingerprint density at radius 3 is 3.27 bits per heavy atom. The van der Waals surface area contributed by atoms with E-state index in [4.69, 9.17) is 5.11 Å². The number of nitrogens with one attached hydrogen (secondary N) is 1. The molecule has 1 aromatic rings. The lowest BCUT2D eigenvalue weighted by atomic mass is 10.5. The fourth-order valence-electron chi connectivity index (χ4n) is 0.661. The molecule has 0 aliphatic rings. The molecule has 0 unspecified atom stereocenters. The summed E-state index contributed by atoms with van der Waals surface area (Å²) in [6, 6.07) is 0. The standard InChI is InChI=1S/C7H11N3O/c11-5-1-2-8-6-7-9-3-4-10-7/h3-4,6,11H,1-2,5H2,(H,9,10). The smallest absolute Gasteiger partial charge is 0.147 e. The molecule has 1 heterocycles. The number of hydrogen-bond acceptors (Lipinski definition) is 3. The van der Waals surface area contributed by atoms with Gasteiger partial charge in [0.2, 0.25) is 0 Å². The Morgan fingerprint density at radius 1 is 1.73 bits per heavy atom. The van der Waals surface area contributed by atoms with Crippen LogP contribution in [0.4, 0.5) is 0 Å². The predicted molar refractivity (Wildman–Crippen MR) is 42.8 cm³/mol. The van der Waals surface area contributed by atoms with Crippen molar-refractivity contribution >= 4 is 6.21 Å². The van der Waals surface area contributed by atoms with Gasteiger partial charge in [-0.25, -0.2) is 4.98 Å². The highest BCUT2D eigenvalue weighted by molar-refractivity contribution is 5.74. The summed E-state index contributed by atoms with van der Waals surface area (Å²) in [6.07, 6.45) is 5.79. The molecule has 2 N–H and O–H groups in total. The molecule has 0 aliphatic carbocycles. The third kappa shape index (κ3) is 2.95. The molecular formula is C7H11N3O. The summed E-state index contributed by atoms with van der Waals surface area (Å²) in [6.45, 7) is 0.840. The SMILES string of the molecule is OCCCN=Cc1ncc[nH]1. The molecule has 0 atom stereocenters. The highest BCUT2D eigenvalue weighted by atomic mass is 16.2. The largest absolute Gasteiger partial charge is 0.396 e. The number of aromatic amines is 1. The first kappa shape index (κ1) is 7.94. The third-order valence-electron chi connectivity index (χ3n) is 1.18. The molecule has 11 heavy (non-hydrogen) atoms. The van der Waals surface area contributed by atoms with Gasteiger partial charge in [0, 0.05) is 25.5 Å². The molecule has 4 nitrogen and oxygen atoms in total. The Bertz CT molecular complexity index is 205. The quantitative estimate of drug-likeness (QED) is 0.480. The molecule has 0 radical (unpaired) electrons. The predicted octanol–water partition coefficient (Wildman–Crippen LogP) is 0.211. The van der Waals surface area contributed by atoms with Crippen LogP contribution >= 0.6 is 0 Å². The Morgan fingerprint density at radius 2 is 2.64 bits per heavy atom. The monoisotopic (exact) mass is 153 g/mol. The Balaban J connectivity index is 2.25. The lowest BCUT2D eigenvalue weighted by Crippen LogP contribution is -1.89. The van der Waals surface area contributed by atoms with Gasteiger partial charge in [-0.15, -0.1) is 0 Å². The number of imidazole rings is 1. The van der Waals surface area contributed by atoms with Gasteiger partial charge in [0.15, 0.2) is 0 Å². The molecule has 0 amide bonds. The number of nitrogens with zero attached hydrogens (tertiary/aromatic N) is 2. The molecule has 1 aromatic heterocycles. The number of aliphatic hydroxyl groups excluding tert-OH is 1. The average molecular weight is 153 g/mol. The van der Waals surface area contributed by atoms with Gasteiger partial charge in [-0.3, -0.25) is 4.99 Å². The molecule has 4 heteroatoms. The molecule has 1 rings (SSSR count). The second kappa shape index (κ2) is 4.62. The molecule has 0 saturated carbocycles. The van der Waals surface area contributed by atoms with Gasteiger partial charge in [-0.05, 0) is 6.42 Å². The molecule has 60 valence electrons. The van der Waals surface area contributed by atoms with Crippen LogP contribution < -0.4 is 0 Å². The number of aromatic nitrogens is 2. The molecule has 0 fully saturated rings. The normalized spacial score (nSPS) is 11.0. The van der Waals surface area contributed by atoms with Crippen molar-refractivity contribution in [2.45, 2.75) is 6.42 Å². The number of H-pyrrole nitrogens is 1. The fourth-order valence-corrected chi connectivity index (χ4v) is 0.661. The van der Waals surface area contributed by atoms with Crippen LogP contribution in [0.25, 0.3) is 0 Å².